The van der Waals surface area contributed by atoms with Crippen LogP contribution < -0.4 is 11.1 Å². The molecule has 0 unspecified atom stereocenters. The highest BCUT2D eigenvalue weighted by atomic mass is 35.5. The van der Waals surface area contributed by atoms with Gasteiger partial charge in [-0.15, -0.1) is 0 Å². The Labute approximate surface area is 113 Å². The average Bonchev–Trinajstić information content (AvgIpc) is 2.31. The van der Waals surface area contributed by atoms with E-state index in [0.29, 0.717) is 11.2 Å². The lowest BCUT2D eigenvalue weighted by Gasteiger charge is -2.32. The van der Waals surface area contributed by atoms with E-state index in [0.717, 1.165) is 31.7 Å². The van der Waals surface area contributed by atoms with Crippen LogP contribution in [0.1, 0.15) is 26.2 Å². The lowest BCUT2D eigenvalue weighted by Crippen LogP contribution is -2.39. The van der Waals surface area contributed by atoms with Crippen molar-refractivity contribution in [1.29, 1.82) is 0 Å². The number of hydrogen-bond donors (Lipinski definition) is 2. The first-order valence-electron chi connectivity index (χ1n) is 6.46. The molecule has 100 valence electrons. The zero-order valence-electron chi connectivity index (χ0n) is 10.7. The second-order valence-corrected chi connectivity index (χ2v) is 5.08. The molecule has 1 saturated heterocycles. The molecule has 2 heterocycles. The molecule has 18 heavy (non-hydrogen) atoms. The van der Waals surface area contributed by atoms with Crippen molar-refractivity contribution in [2.24, 2.45) is 0 Å². The third-order valence-electron chi connectivity index (χ3n) is 3.19. The van der Waals surface area contributed by atoms with Gasteiger partial charge in [0.2, 0.25) is 5.95 Å². The largest absolute Gasteiger partial charge is 0.368 e. The molecule has 6 heteroatoms. The van der Waals surface area contributed by atoms with Gasteiger partial charge in [-0.25, -0.2) is 4.98 Å². The molecule has 5 nitrogen and oxygen atoms in total. The van der Waals surface area contributed by atoms with Gasteiger partial charge in [0.25, 0.3) is 0 Å². The standard InChI is InChI=1S/C12H20ClN5/c1-2-5-18-6-3-9(4-7-18)15-11-8-10(13)16-12(14)17-11/h8-9H,2-7H2,1H3,(H3,14,15,16,17). The van der Waals surface area contributed by atoms with E-state index in [-0.39, 0.29) is 5.95 Å². The summed E-state index contributed by atoms with van der Waals surface area (Å²) >= 11 is 5.85. The molecule has 0 atom stereocenters. The maximum absolute atomic E-state index is 5.85. The minimum Gasteiger partial charge on any atom is -0.368 e. The van der Waals surface area contributed by atoms with Crippen LogP contribution in [0.5, 0.6) is 0 Å². The van der Waals surface area contributed by atoms with Crippen LogP contribution in [0.25, 0.3) is 0 Å². The summed E-state index contributed by atoms with van der Waals surface area (Å²) in [5.41, 5.74) is 5.57. The van der Waals surface area contributed by atoms with Gasteiger partial charge in [-0.1, -0.05) is 18.5 Å². The Morgan fingerprint density at radius 3 is 2.78 bits per heavy atom. The zero-order chi connectivity index (χ0) is 13.0. The van der Waals surface area contributed by atoms with Crippen molar-refractivity contribution in [3.8, 4) is 0 Å². The maximum atomic E-state index is 5.85. The summed E-state index contributed by atoms with van der Waals surface area (Å²) in [5.74, 6) is 0.940. The summed E-state index contributed by atoms with van der Waals surface area (Å²) in [4.78, 5) is 10.5. The molecular formula is C12H20ClN5. The molecule has 1 aromatic rings. The number of likely N-dealkylation sites (tertiary alicyclic amines) is 1. The Kier molecular flexibility index (Phi) is 4.60. The number of piperidine rings is 1. The van der Waals surface area contributed by atoms with Crippen molar-refractivity contribution in [3.05, 3.63) is 11.2 Å². The normalized spacial score (nSPS) is 17.9. The summed E-state index contributed by atoms with van der Waals surface area (Å²) in [6.45, 7) is 5.69. The van der Waals surface area contributed by atoms with E-state index in [4.69, 9.17) is 17.3 Å². The average molecular weight is 270 g/mol. The Balaban J connectivity index is 1.87. The lowest BCUT2D eigenvalue weighted by molar-refractivity contribution is 0.219. The van der Waals surface area contributed by atoms with E-state index in [1.165, 1.54) is 13.0 Å². The van der Waals surface area contributed by atoms with Gasteiger partial charge in [0.1, 0.15) is 11.0 Å². The molecule has 2 rings (SSSR count). The molecule has 1 fully saturated rings. The second-order valence-electron chi connectivity index (χ2n) is 4.69. The zero-order valence-corrected chi connectivity index (χ0v) is 11.5. The van der Waals surface area contributed by atoms with Gasteiger partial charge in [0, 0.05) is 25.2 Å². The van der Waals surface area contributed by atoms with Gasteiger partial charge in [0.05, 0.1) is 0 Å². The van der Waals surface area contributed by atoms with Crippen molar-refractivity contribution in [2.45, 2.75) is 32.2 Å². The first-order valence-corrected chi connectivity index (χ1v) is 6.84. The molecule has 1 aromatic heterocycles. The van der Waals surface area contributed by atoms with Crippen molar-refractivity contribution < 1.29 is 0 Å². The Bertz CT molecular complexity index is 370. The summed E-state index contributed by atoms with van der Waals surface area (Å²) in [6, 6.07) is 2.17. The van der Waals surface area contributed by atoms with Crippen LogP contribution in [0, 0.1) is 0 Å². The van der Waals surface area contributed by atoms with E-state index >= 15 is 0 Å². The molecular weight excluding hydrogens is 250 g/mol. The highest BCUT2D eigenvalue weighted by Crippen LogP contribution is 2.18. The minimum atomic E-state index is 0.216. The van der Waals surface area contributed by atoms with Crippen LogP contribution in [0.4, 0.5) is 11.8 Å². The molecule has 1 aliphatic rings. The number of nitrogen functional groups attached to an aromatic ring is 1. The van der Waals surface area contributed by atoms with Crippen LogP contribution in [0.2, 0.25) is 5.15 Å². The Morgan fingerprint density at radius 1 is 1.44 bits per heavy atom. The molecule has 3 N–H and O–H groups in total. The Morgan fingerprint density at radius 2 is 2.17 bits per heavy atom. The first kappa shape index (κ1) is 13.4. The number of rotatable bonds is 4. The molecule has 1 aliphatic heterocycles. The molecule has 0 radical (unpaired) electrons. The topological polar surface area (TPSA) is 67.1 Å². The lowest BCUT2D eigenvalue weighted by atomic mass is 10.0. The third kappa shape index (κ3) is 3.71. The SMILES string of the molecule is CCCN1CCC(Nc2cc(Cl)nc(N)n2)CC1. The van der Waals surface area contributed by atoms with Crippen molar-refractivity contribution in [3.63, 3.8) is 0 Å². The van der Waals surface area contributed by atoms with E-state index in [9.17, 15) is 0 Å². The number of anilines is 2. The van der Waals surface area contributed by atoms with Crippen LogP contribution in [-0.4, -0.2) is 40.5 Å². The predicted octanol–water partition coefficient (Wildman–Crippen LogP) is 2.00. The number of halogens is 1. The molecule has 0 amide bonds. The highest BCUT2D eigenvalue weighted by Gasteiger charge is 2.18. The van der Waals surface area contributed by atoms with Crippen LogP contribution >= 0.6 is 11.6 Å². The van der Waals surface area contributed by atoms with E-state index in [2.05, 4.69) is 27.1 Å². The summed E-state index contributed by atoms with van der Waals surface area (Å²) in [7, 11) is 0. The van der Waals surface area contributed by atoms with Gasteiger partial charge in [-0.3, -0.25) is 0 Å². The van der Waals surface area contributed by atoms with Crippen LogP contribution in [-0.2, 0) is 0 Å². The minimum absolute atomic E-state index is 0.216. The van der Waals surface area contributed by atoms with Crippen molar-refractivity contribution in [2.75, 3.05) is 30.7 Å². The van der Waals surface area contributed by atoms with Gasteiger partial charge in [-0.05, 0) is 25.8 Å². The molecule has 0 bridgehead atoms. The summed E-state index contributed by atoms with van der Waals surface area (Å²) < 4.78 is 0. The van der Waals surface area contributed by atoms with Crippen molar-refractivity contribution in [1.82, 2.24) is 14.9 Å². The fraction of sp³-hybridized carbons (Fsp3) is 0.667. The van der Waals surface area contributed by atoms with Crippen LogP contribution in [0.3, 0.4) is 0 Å². The number of aromatic nitrogens is 2. The monoisotopic (exact) mass is 269 g/mol. The number of nitrogens with one attached hydrogen (secondary N) is 1. The quantitative estimate of drug-likeness (QED) is 0.819. The number of hydrogen-bond acceptors (Lipinski definition) is 5. The molecule has 0 aromatic carbocycles. The van der Waals surface area contributed by atoms with Gasteiger partial charge < -0.3 is 16.0 Å². The summed E-state index contributed by atoms with van der Waals surface area (Å²) in [6.07, 6.45) is 3.47. The number of nitrogens with two attached hydrogens (primary N) is 1. The van der Waals surface area contributed by atoms with Gasteiger partial charge in [-0.2, -0.15) is 4.98 Å². The van der Waals surface area contributed by atoms with E-state index < -0.39 is 0 Å². The first-order chi connectivity index (χ1) is 8.67. The smallest absolute Gasteiger partial charge is 0.223 e. The van der Waals surface area contributed by atoms with Crippen molar-refractivity contribution >= 4 is 23.4 Å². The van der Waals surface area contributed by atoms with Gasteiger partial charge >= 0.3 is 0 Å². The number of nitrogens with zero attached hydrogens (tertiary/aromatic N) is 3. The highest BCUT2D eigenvalue weighted by molar-refractivity contribution is 6.29. The third-order valence-corrected chi connectivity index (χ3v) is 3.39. The van der Waals surface area contributed by atoms with E-state index in [1.54, 1.807) is 6.07 Å². The fourth-order valence-corrected chi connectivity index (χ4v) is 2.53. The second kappa shape index (κ2) is 6.20. The molecule has 0 aliphatic carbocycles. The predicted molar refractivity (Wildman–Crippen MR) is 74.8 cm³/mol. The summed E-state index contributed by atoms with van der Waals surface area (Å²) in [5, 5.41) is 3.77. The molecule has 0 spiro atoms. The van der Waals surface area contributed by atoms with Crippen LogP contribution in [0.15, 0.2) is 6.07 Å². The fourth-order valence-electron chi connectivity index (χ4n) is 2.34. The maximum Gasteiger partial charge on any atom is 0.223 e. The van der Waals surface area contributed by atoms with Gasteiger partial charge in [0.15, 0.2) is 0 Å². The van der Waals surface area contributed by atoms with E-state index in [1.807, 2.05) is 0 Å². The molecule has 0 saturated carbocycles. The Hall–Kier alpha value is -1.07.